The maximum Gasteiger partial charge on any atom is 0.122 e. The predicted molar refractivity (Wildman–Crippen MR) is 78.7 cm³/mol. The number of furan rings is 1. The van der Waals surface area contributed by atoms with Crippen LogP contribution >= 0.6 is 0 Å². The van der Waals surface area contributed by atoms with Gasteiger partial charge in [-0.1, -0.05) is 0 Å². The molecule has 20 heavy (non-hydrogen) atoms. The van der Waals surface area contributed by atoms with Crippen LogP contribution in [0.3, 0.4) is 0 Å². The van der Waals surface area contributed by atoms with E-state index in [9.17, 15) is 0 Å². The first-order valence-electron chi connectivity index (χ1n) is 7.95. The van der Waals surface area contributed by atoms with Crippen molar-refractivity contribution in [2.45, 2.75) is 50.8 Å². The first kappa shape index (κ1) is 14.1. The van der Waals surface area contributed by atoms with Crippen molar-refractivity contribution in [1.29, 1.82) is 0 Å². The van der Waals surface area contributed by atoms with Crippen LogP contribution in [0.15, 0.2) is 22.8 Å². The van der Waals surface area contributed by atoms with Gasteiger partial charge in [-0.2, -0.15) is 0 Å². The van der Waals surface area contributed by atoms with E-state index in [4.69, 9.17) is 9.15 Å². The molecular formula is C16H26N2O2. The lowest BCUT2D eigenvalue weighted by molar-refractivity contribution is 0.0119. The molecule has 112 valence electrons. The zero-order valence-electron chi connectivity index (χ0n) is 12.4. The molecule has 0 bridgehead atoms. The number of likely N-dealkylation sites (tertiary alicyclic amines) is 1. The number of hydrogen-bond acceptors (Lipinski definition) is 4. The second-order valence-electron chi connectivity index (χ2n) is 6.09. The fourth-order valence-corrected chi connectivity index (χ4v) is 3.41. The Balaban J connectivity index is 1.58. The van der Waals surface area contributed by atoms with Gasteiger partial charge >= 0.3 is 0 Å². The van der Waals surface area contributed by atoms with E-state index in [1.54, 1.807) is 6.26 Å². The highest BCUT2D eigenvalue weighted by Crippen LogP contribution is 2.25. The quantitative estimate of drug-likeness (QED) is 0.898. The lowest BCUT2D eigenvalue weighted by Crippen LogP contribution is -2.42. The van der Waals surface area contributed by atoms with E-state index in [0.29, 0.717) is 18.2 Å². The smallest absolute Gasteiger partial charge is 0.122 e. The van der Waals surface area contributed by atoms with E-state index >= 15 is 0 Å². The van der Waals surface area contributed by atoms with Gasteiger partial charge in [-0.3, -0.25) is 4.90 Å². The largest absolute Gasteiger partial charge is 0.468 e. The zero-order chi connectivity index (χ0) is 13.8. The summed E-state index contributed by atoms with van der Waals surface area (Å²) in [5.41, 5.74) is 0. The zero-order valence-corrected chi connectivity index (χ0v) is 12.4. The summed E-state index contributed by atoms with van der Waals surface area (Å²) in [7, 11) is 0. The molecule has 3 heterocycles. The fourth-order valence-electron chi connectivity index (χ4n) is 3.41. The molecule has 3 atom stereocenters. The summed E-state index contributed by atoms with van der Waals surface area (Å²) in [6, 6.07) is 5.07. The molecule has 4 heteroatoms. The van der Waals surface area contributed by atoms with Crippen molar-refractivity contribution in [1.82, 2.24) is 10.2 Å². The summed E-state index contributed by atoms with van der Waals surface area (Å²) in [6.45, 7) is 6.41. The summed E-state index contributed by atoms with van der Waals surface area (Å²) in [4.78, 5) is 2.55. The molecule has 0 saturated carbocycles. The van der Waals surface area contributed by atoms with Gasteiger partial charge in [0.15, 0.2) is 0 Å². The highest BCUT2D eigenvalue weighted by molar-refractivity contribution is 5.06. The Morgan fingerprint density at radius 2 is 2.25 bits per heavy atom. The lowest BCUT2D eigenvalue weighted by atomic mass is 10.0. The van der Waals surface area contributed by atoms with Crippen LogP contribution in [0.1, 0.15) is 44.4 Å². The number of nitrogens with zero attached hydrogens (tertiary/aromatic N) is 1. The van der Waals surface area contributed by atoms with Crippen LogP contribution in [0, 0.1) is 0 Å². The third kappa shape index (κ3) is 3.43. The molecule has 2 aliphatic heterocycles. The molecule has 0 aliphatic carbocycles. The van der Waals surface area contributed by atoms with Gasteiger partial charge in [0.05, 0.1) is 18.4 Å². The molecule has 2 saturated heterocycles. The van der Waals surface area contributed by atoms with Crippen molar-refractivity contribution in [3.05, 3.63) is 24.2 Å². The van der Waals surface area contributed by atoms with Crippen molar-refractivity contribution >= 4 is 0 Å². The molecule has 4 nitrogen and oxygen atoms in total. The van der Waals surface area contributed by atoms with E-state index in [0.717, 1.165) is 31.8 Å². The van der Waals surface area contributed by atoms with E-state index in [2.05, 4.69) is 23.2 Å². The Kier molecular flexibility index (Phi) is 4.76. The standard InChI is InChI=1S/C16H26N2O2/c1-13-11-14(6-10-19-13)17-12-15(16-5-4-9-20-16)18-7-2-3-8-18/h4-5,9,13-15,17H,2-3,6-8,10-12H2,1H3. The molecule has 0 radical (unpaired) electrons. The molecule has 1 aromatic heterocycles. The molecule has 1 aromatic rings. The molecule has 0 aromatic carbocycles. The Bertz CT molecular complexity index is 387. The Labute approximate surface area is 121 Å². The molecule has 2 aliphatic rings. The van der Waals surface area contributed by atoms with Crippen molar-refractivity contribution in [3.8, 4) is 0 Å². The van der Waals surface area contributed by atoms with E-state index in [1.807, 2.05) is 6.07 Å². The maximum absolute atomic E-state index is 5.66. The molecule has 0 spiro atoms. The van der Waals surface area contributed by atoms with Gasteiger partial charge in [0.25, 0.3) is 0 Å². The van der Waals surface area contributed by atoms with Gasteiger partial charge in [-0.25, -0.2) is 0 Å². The van der Waals surface area contributed by atoms with Crippen molar-refractivity contribution in [2.24, 2.45) is 0 Å². The molecule has 2 fully saturated rings. The van der Waals surface area contributed by atoms with Gasteiger partial charge in [0.1, 0.15) is 5.76 Å². The minimum absolute atomic E-state index is 0.380. The third-order valence-electron chi connectivity index (χ3n) is 4.54. The first-order chi connectivity index (χ1) is 9.83. The van der Waals surface area contributed by atoms with Gasteiger partial charge in [-0.05, 0) is 57.8 Å². The molecule has 1 N–H and O–H groups in total. The highest BCUT2D eigenvalue weighted by atomic mass is 16.5. The number of ether oxygens (including phenoxy) is 1. The van der Waals surface area contributed by atoms with Crippen LogP contribution in [0.5, 0.6) is 0 Å². The average molecular weight is 278 g/mol. The Morgan fingerprint density at radius 1 is 1.40 bits per heavy atom. The first-order valence-corrected chi connectivity index (χ1v) is 7.95. The average Bonchev–Trinajstić information content (AvgIpc) is 3.12. The van der Waals surface area contributed by atoms with E-state index in [-0.39, 0.29) is 0 Å². The topological polar surface area (TPSA) is 37.6 Å². The summed E-state index contributed by atoms with van der Waals surface area (Å²) in [6.07, 6.45) is 7.03. The van der Waals surface area contributed by atoms with E-state index < -0.39 is 0 Å². The van der Waals surface area contributed by atoms with E-state index in [1.165, 1.54) is 25.9 Å². The number of rotatable bonds is 5. The van der Waals surface area contributed by atoms with Crippen LogP contribution < -0.4 is 5.32 Å². The monoisotopic (exact) mass is 278 g/mol. The van der Waals surface area contributed by atoms with Crippen molar-refractivity contribution < 1.29 is 9.15 Å². The maximum atomic E-state index is 5.66. The Morgan fingerprint density at radius 3 is 2.95 bits per heavy atom. The third-order valence-corrected chi connectivity index (χ3v) is 4.54. The van der Waals surface area contributed by atoms with Gasteiger partial charge in [0.2, 0.25) is 0 Å². The molecule has 0 amide bonds. The summed E-state index contributed by atoms with van der Waals surface area (Å²) in [5, 5.41) is 3.74. The molecule has 3 rings (SSSR count). The molecule has 3 unspecified atom stereocenters. The Hall–Kier alpha value is -0.840. The highest BCUT2D eigenvalue weighted by Gasteiger charge is 2.27. The second-order valence-corrected chi connectivity index (χ2v) is 6.09. The summed E-state index contributed by atoms with van der Waals surface area (Å²) < 4.78 is 11.3. The van der Waals surface area contributed by atoms with Gasteiger partial charge in [-0.15, -0.1) is 0 Å². The van der Waals surface area contributed by atoms with Crippen molar-refractivity contribution in [3.63, 3.8) is 0 Å². The van der Waals surface area contributed by atoms with Crippen LogP contribution in [0.4, 0.5) is 0 Å². The van der Waals surface area contributed by atoms with Gasteiger partial charge in [0, 0.05) is 19.2 Å². The van der Waals surface area contributed by atoms with Crippen molar-refractivity contribution in [2.75, 3.05) is 26.2 Å². The molecular weight excluding hydrogens is 252 g/mol. The second kappa shape index (κ2) is 6.74. The SMILES string of the molecule is CC1CC(NCC(c2ccco2)N2CCCC2)CCO1. The van der Waals surface area contributed by atoms with Crippen LogP contribution in [-0.4, -0.2) is 43.3 Å². The number of hydrogen-bond donors (Lipinski definition) is 1. The minimum atomic E-state index is 0.380. The summed E-state index contributed by atoms with van der Waals surface area (Å²) in [5.74, 6) is 1.10. The van der Waals surface area contributed by atoms with Crippen LogP contribution in [0.25, 0.3) is 0 Å². The number of nitrogens with one attached hydrogen (secondary N) is 1. The van der Waals surface area contributed by atoms with Gasteiger partial charge < -0.3 is 14.5 Å². The van der Waals surface area contributed by atoms with Crippen LogP contribution in [-0.2, 0) is 4.74 Å². The summed E-state index contributed by atoms with van der Waals surface area (Å²) >= 11 is 0. The van der Waals surface area contributed by atoms with Crippen LogP contribution in [0.2, 0.25) is 0 Å². The predicted octanol–water partition coefficient (Wildman–Crippen LogP) is 2.57. The minimum Gasteiger partial charge on any atom is -0.468 e. The fraction of sp³-hybridized carbons (Fsp3) is 0.750. The normalized spacial score (nSPS) is 29.6. The lowest BCUT2D eigenvalue weighted by Gasteiger charge is -2.31.